The Morgan fingerprint density at radius 3 is 2.76 bits per heavy atom. The first-order chi connectivity index (χ1) is 8.13. The van der Waals surface area contributed by atoms with Gasteiger partial charge in [-0.3, -0.25) is 4.79 Å². The smallest absolute Gasteiger partial charge is 0.157 e. The second-order valence-corrected chi connectivity index (χ2v) is 4.05. The lowest BCUT2D eigenvalue weighted by molar-refractivity contribution is -0.122. The molecule has 0 bridgehead atoms. The van der Waals surface area contributed by atoms with Gasteiger partial charge in [0, 0.05) is 5.92 Å². The summed E-state index contributed by atoms with van der Waals surface area (Å²) in [5, 5.41) is 9.15. The van der Waals surface area contributed by atoms with E-state index < -0.39 is 5.92 Å². The molecule has 0 fully saturated rings. The van der Waals surface area contributed by atoms with Crippen LogP contribution in [-0.2, 0) is 4.79 Å². The average molecular weight is 231 g/mol. The standard InChI is InChI=1S/C14H17NO2/c1-4-10(2)14(16)13(9-15)11-6-5-7-12(8-11)17-3/h5-8,10,13H,4H2,1-3H3. The molecule has 0 radical (unpaired) electrons. The van der Waals surface area contributed by atoms with Crippen molar-refractivity contribution in [3.8, 4) is 11.8 Å². The maximum Gasteiger partial charge on any atom is 0.157 e. The summed E-state index contributed by atoms with van der Waals surface area (Å²) < 4.78 is 5.10. The van der Waals surface area contributed by atoms with Crippen LogP contribution in [0.25, 0.3) is 0 Å². The van der Waals surface area contributed by atoms with Gasteiger partial charge in [-0.05, 0) is 24.1 Å². The molecule has 0 aliphatic rings. The SMILES string of the molecule is CCC(C)C(=O)C(C#N)c1cccc(OC)c1. The summed E-state index contributed by atoms with van der Waals surface area (Å²) in [5.41, 5.74) is 0.706. The third kappa shape index (κ3) is 3.07. The van der Waals surface area contributed by atoms with Gasteiger partial charge in [-0.15, -0.1) is 0 Å². The highest BCUT2D eigenvalue weighted by Gasteiger charge is 2.24. The van der Waals surface area contributed by atoms with Crippen molar-refractivity contribution in [3.63, 3.8) is 0 Å². The Hall–Kier alpha value is -1.82. The van der Waals surface area contributed by atoms with E-state index in [4.69, 9.17) is 10.00 Å². The Balaban J connectivity index is 3.02. The third-order valence-corrected chi connectivity index (χ3v) is 2.94. The molecule has 3 heteroatoms. The molecule has 1 aromatic rings. The lowest BCUT2D eigenvalue weighted by Crippen LogP contribution is -2.18. The molecule has 0 amide bonds. The Bertz CT molecular complexity index is 434. The van der Waals surface area contributed by atoms with Gasteiger partial charge in [0.25, 0.3) is 0 Å². The van der Waals surface area contributed by atoms with E-state index in [9.17, 15) is 4.79 Å². The number of hydrogen-bond donors (Lipinski definition) is 0. The molecular formula is C14H17NO2. The largest absolute Gasteiger partial charge is 0.497 e. The van der Waals surface area contributed by atoms with Crippen molar-refractivity contribution >= 4 is 5.78 Å². The molecule has 0 saturated carbocycles. The van der Waals surface area contributed by atoms with Gasteiger partial charge in [0.1, 0.15) is 11.7 Å². The summed E-state index contributed by atoms with van der Waals surface area (Å²) in [5.74, 6) is -0.145. The summed E-state index contributed by atoms with van der Waals surface area (Å²) in [7, 11) is 1.57. The zero-order valence-corrected chi connectivity index (χ0v) is 10.4. The fourth-order valence-corrected chi connectivity index (χ4v) is 1.61. The van der Waals surface area contributed by atoms with Crippen LogP contribution in [0.1, 0.15) is 31.7 Å². The Morgan fingerprint density at radius 1 is 1.53 bits per heavy atom. The number of nitrogens with zero attached hydrogens (tertiary/aromatic N) is 1. The van der Waals surface area contributed by atoms with E-state index in [1.165, 1.54) is 0 Å². The van der Waals surface area contributed by atoms with Gasteiger partial charge in [0.05, 0.1) is 13.2 Å². The first-order valence-corrected chi connectivity index (χ1v) is 5.71. The summed E-state index contributed by atoms with van der Waals surface area (Å²) >= 11 is 0. The number of carbonyl (C=O) groups excluding carboxylic acids is 1. The number of Topliss-reactive ketones (excluding diaryl/α,β-unsaturated/α-hetero) is 1. The molecule has 90 valence electrons. The maximum absolute atomic E-state index is 12.0. The van der Waals surface area contributed by atoms with E-state index in [-0.39, 0.29) is 11.7 Å². The number of ketones is 1. The van der Waals surface area contributed by atoms with E-state index in [1.807, 2.05) is 13.8 Å². The average Bonchev–Trinajstić information content (AvgIpc) is 2.38. The number of methoxy groups -OCH3 is 1. The van der Waals surface area contributed by atoms with Gasteiger partial charge in [-0.2, -0.15) is 5.26 Å². The monoisotopic (exact) mass is 231 g/mol. The molecule has 0 saturated heterocycles. The van der Waals surface area contributed by atoms with E-state index in [0.29, 0.717) is 11.3 Å². The van der Waals surface area contributed by atoms with E-state index in [2.05, 4.69) is 6.07 Å². The van der Waals surface area contributed by atoms with Crippen molar-refractivity contribution < 1.29 is 9.53 Å². The zero-order chi connectivity index (χ0) is 12.8. The van der Waals surface area contributed by atoms with Crippen LogP contribution in [0.4, 0.5) is 0 Å². The molecule has 0 spiro atoms. The number of rotatable bonds is 5. The molecule has 0 N–H and O–H groups in total. The molecule has 0 aliphatic heterocycles. The molecule has 0 aliphatic carbocycles. The second-order valence-electron chi connectivity index (χ2n) is 4.05. The first kappa shape index (κ1) is 13.2. The Labute approximate surface area is 102 Å². The molecule has 3 nitrogen and oxygen atoms in total. The topological polar surface area (TPSA) is 50.1 Å². The molecule has 0 heterocycles. The molecule has 1 rings (SSSR count). The van der Waals surface area contributed by atoms with Gasteiger partial charge >= 0.3 is 0 Å². The fraction of sp³-hybridized carbons (Fsp3) is 0.429. The van der Waals surface area contributed by atoms with Gasteiger partial charge < -0.3 is 4.74 Å². The molecule has 2 atom stereocenters. The minimum Gasteiger partial charge on any atom is -0.497 e. The highest BCUT2D eigenvalue weighted by molar-refractivity contribution is 5.90. The van der Waals surface area contributed by atoms with Crippen LogP contribution in [0, 0.1) is 17.2 Å². The van der Waals surface area contributed by atoms with Crippen LogP contribution in [0.3, 0.4) is 0 Å². The molecule has 0 aromatic heterocycles. The van der Waals surface area contributed by atoms with Crippen molar-refractivity contribution in [1.29, 1.82) is 5.26 Å². The number of carbonyl (C=O) groups is 1. The van der Waals surface area contributed by atoms with E-state index in [0.717, 1.165) is 6.42 Å². The minimum absolute atomic E-state index is 0.0248. The molecular weight excluding hydrogens is 214 g/mol. The molecule has 17 heavy (non-hydrogen) atoms. The van der Waals surface area contributed by atoms with Crippen LogP contribution in [0.2, 0.25) is 0 Å². The molecule has 1 aromatic carbocycles. The van der Waals surface area contributed by atoms with Gasteiger partial charge in [0.15, 0.2) is 5.78 Å². The van der Waals surface area contributed by atoms with Crippen LogP contribution < -0.4 is 4.74 Å². The lowest BCUT2D eigenvalue weighted by atomic mass is 9.88. The quantitative estimate of drug-likeness (QED) is 0.782. The summed E-state index contributed by atoms with van der Waals surface area (Å²) in [6.07, 6.45) is 0.751. The highest BCUT2D eigenvalue weighted by Crippen LogP contribution is 2.24. The van der Waals surface area contributed by atoms with Crippen molar-refractivity contribution in [1.82, 2.24) is 0 Å². The van der Waals surface area contributed by atoms with Crippen molar-refractivity contribution in [3.05, 3.63) is 29.8 Å². The predicted molar refractivity (Wildman–Crippen MR) is 65.8 cm³/mol. The first-order valence-electron chi connectivity index (χ1n) is 5.71. The van der Waals surface area contributed by atoms with Crippen LogP contribution in [0.15, 0.2) is 24.3 Å². The minimum atomic E-state index is -0.694. The summed E-state index contributed by atoms with van der Waals surface area (Å²) in [4.78, 5) is 12.0. The summed E-state index contributed by atoms with van der Waals surface area (Å²) in [6.45, 7) is 3.80. The van der Waals surface area contributed by atoms with E-state index >= 15 is 0 Å². The number of ether oxygens (including phenoxy) is 1. The second kappa shape index (κ2) is 6.05. The Kier molecular flexibility index (Phi) is 4.71. The Morgan fingerprint density at radius 2 is 2.24 bits per heavy atom. The lowest BCUT2D eigenvalue weighted by Gasteiger charge is -2.13. The van der Waals surface area contributed by atoms with Crippen LogP contribution in [-0.4, -0.2) is 12.9 Å². The highest BCUT2D eigenvalue weighted by atomic mass is 16.5. The van der Waals surface area contributed by atoms with Gasteiger partial charge in [-0.1, -0.05) is 26.0 Å². The van der Waals surface area contributed by atoms with Crippen LogP contribution >= 0.6 is 0 Å². The maximum atomic E-state index is 12.0. The number of hydrogen-bond acceptors (Lipinski definition) is 3. The van der Waals surface area contributed by atoms with Crippen molar-refractivity contribution in [2.24, 2.45) is 5.92 Å². The van der Waals surface area contributed by atoms with Crippen LogP contribution in [0.5, 0.6) is 5.75 Å². The summed E-state index contributed by atoms with van der Waals surface area (Å²) in [6, 6.07) is 9.20. The number of nitriles is 1. The van der Waals surface area contributed by atoms with Gasteiger partial charge in [-0.25, -0.2) is 0 Å². The van der Waals surface area contributed by atoms with Crippen molar-refractivity contribution in [2.75, 3.05) is 7.11 Å². The normalized spacial score (nSPS) is 13.5. The number of benzene rings is 1. The van der Waals surface area contributed by atoms with Crippen molar-refractivity contribution in [2.45, 2.75) is 26.2 Å². The van der Waals surface area contributed by atoms with E-state index in [1.54, 1.807) is 31.4 Å². The van der Waals surface area contributed by atoms with Gasteiger partial charge in [0.2, 0.25) is 0 Å². The fourth-order valence-electron chi connectivity index (χ4n) is 1.61. The zero-order valence-electron chi connectivity index (χ0n) is 10.4. The molecule has 2 unspecified atom stereocenters. The predicted octanol–water partition coefficient (Wildman–Crippen LogP) is 2.92. The third-order valence-electron chi connectivity index (χ3n) is 2.94.